The first-order chi connectivity index (χ1) is 5.66. The lowest BCUT2D eigenvalue weighted by molar-refractivity contribution is 1.02. The fraction of sp³-hybridized carbons (Fsp3) is 0.222. The van der Waals surface area contributed by atoms with Crippen LogP contribution >= 0.6 is 0 Å². The van der Waals surface area contributed by atoms with Crippen LogP contribution in [0.25, 0.3) is 0 Å². The third-order valence-corrected chi connectivity index (χ3v) is 1.77. The molecule has 3 heteroatoms. The molecule has 0 fully saturated rings. The van der Waals surface area contributed by atoms with E-state index in [1.165, 1.54) is 6.20 Å². The van der Waals surface area contributed by atoms with Gasteiger partial charge in [-0.25, -0.2) is 0 Å². The molecular formula is C9H13N3. The second-order valence-electron chi connectivity index (χ2n) is 2.70. The van der Waals surface area contributed by atoms with Crippen LogP contribution < -0.4 is 5.73 Å². The fourth-order valence-electron chi connectivity index (χ4n) is 1.21. The number of hydrogen-bond donors (Lipinski definition) is 2. The lowest BCUT2D eigenvalue weighted by Crippen LogP contribution is -2.11. The molecule has 1 aromatic rings. The third kappa shape index (κ3) is 1.39. The molecule has 0 radical (unpaired) electrons. The van der Waals surface area contributed by atoms with E-state index in [0.29, 0.717) is 5.84 Å². The molecule has 0 aliphatic heterocycles. The topological polar surface area (TPSA) is 54.8 Å². The fourth-order valence-corrected chi connectivity index (χ4v) is 1.21. The Kier molecular flexibility index (Phi) is 2.33. The van der Waals surface area contributed by atoms with E-state index in [0.717, 1.165) is 11.4 Å². The molecule has 0 saturated carbocycles. The van der Waals surface area contributed by atoms with Gasteiger partial charge in [-0.2, -0.15) is 0 Å². The Morgan fingerprint density at radius 3 is 2.33 bits per heavy atom. The highest BCUT2D eigenvalue weighted by molar-refractivity contribution is 5.93. The van der Waals surface area contributed by atoms with Crippen molar-refractivity contribution in [3.63, 3.8) is 0 Å². The van der Waals surface area contributed by atoms with Crippen LogP contribution in [0.3, 0.4) is 0 Å². The Labute approximate surface area is 72.0 Å². The van der Waals surface area contributed by atoms with Crippen molar-refractivity contribution in [2.75, 3.05) is 0 Å². The van der Waals surface area contributed by atoms with Crippen LogP contribution in [-0.4, -0.2) is 10.4 Å². The van der Waals surface area contributed by atoms with Crippen LogP contribution in [0.2, 0.25) is 0 Å². The van der Waals surface area contributed by atoms with Gasteiger partial charge in [-0.3, -0.25) is 5.41 Å². The molecule has 3 N–H and O–H groups in total. The van der Waals surface area contributed by atoms with Crippen molar-refractivity contribution < 1.29 is 0 Å². The molecule has 0 aromatic carbocycles. The maximum Gasteiger partial charge on any atom is 0.130 e. The van der Waals surface area contributed by atoms with E-state index in [-0.39, 0.29) is 0 Å². The molecule has 0 saturated heterocycles. The van der Waals surface area contributed by atoms with Gasteiger partial charge in [-0.05, 0) is 38.3 Å². The summed E-state index contributed by atoms with van der Waals surface area (Å²) in [6.07, 6.45) is 2.95. The number of aryl methyl sites for hydroxylation is 2. The van der Waals surface area contributed by atoms with Gasteiger partial charge in [0.05, 0.1) is 0 Å². The lowest BCUT2D eigenvalue weighted by atomic mass is 10.4. The minimum Gasteiger partial charge on any atom is -0.404 e. The molecule has 1 aromatic heterocycles. The summed E-state index contributed by atoms with van der Waals surface area (Å²) in [5.74, 6) is 0.400. The number of hydrogen-bond acceptors (Lipinski definition) is 2. The van der Waals surface area contributed by atoms with E-state index in [4.69, 9.17) is 11.1 Å². The van der Waals surface area contributed by atoms with Gasteiger partial charge in [0.1, 0.15) is 5.84 Å². The Balaban J connectivity index is 3.09. The summed E-state index contributed by atoms with van der Waals surface area (Å²) in [5.41, 5.74) is 7.30. The van der Waals surface area contributed by atoms with E-state index < -0.39 is 0 Å². The van der Waals surface area contributed by atoms with Crippen LogP contribution in [0.5, 0.6) is 0 Å². The zero-order chi connectivity index (χ0) is 9.14. The standard InChI is InChI=1S/C9H13N3/c1-7-3-4-8(2)12(7)9(11)5-6-10/h3-6,11H,10H2,1-2H3/b6-5-,11-9?. The number of allylic oxidation sites excluding steroid dienone is 1. The Morgan fingerprint density at radius 2 is 1.92 bits per heavy atom. The van der Waals surface area contributed by atoms with Crippen LogP contribution in [0.15, 0.2) is 24.4 Å². The second kappa shape index (κ2) is 3.26. The Morgan fingerprint density at radius 1 is 1.42 bits per heavy atom. The van der Waals surface area contributed by atoms with Crippen LogP contribution in [0.1, 0.15) is 11.4 Å². The number of rotatable bonds is 1. The van der Waals surface area contributed by atoms with Gasteiger partial charge in [0.15, 0.2) is 0 Å². The van der Waals surface area contributed by atoms with Crippen molar-refractivity contribution in [2.24, 2.45) is 5.73 Å². The first-order valence-corrected chi connectivity index (χ1v) is 3.79. The molecule has 0 bridgehead atoms. The van der Waals surface area contributed by atoms with Gasteiger partial charge in [0.2, 0.25) is 0 Å². The average molecular weight is 163 g/mol. The molecule has 0 atom stereocenters. The Hall–Kier alpha value is -1.51. The first-order valence-electron chi connectivity index (χ1n) is 3.79. The monoisotopic (exact) mass is 163 g/mol. The number of aromatic nitrogens is 1. The molecule has 0 aliphatic carbocycles. The van der Waals surface area contributed by atoms with E-state index in [1.54, 1.807) is 6.08 Å². The predicted octanol–water partition coefficient (Wildman–Crippen LogP) is 1.40. The average Bonchev–Trinajstić information content (AvgIpc) is 2.32. The summed E-state index contributed by atoms with van der Waals surface area (Å²) in [6.45, 7) is 3.93. The molecule has 0 amide bonds. The second-order valence-corrected chi connectivity index (χ2v) is 2.70. The maximum absolute atomic E-state index is 7.62. The van der Waals surface area contributed by atoms with Crippen molar-refractivity contribution in [3.05, 3.63) is 35.8 Å². The van der Waals surface area contributed by atoms with Gasteiger partial charge in [0, 0.05) is 11.4 Å². The normalized spacial score (nSPS) is 10.8. The third-order valence-electron chi connectivity index (χ3n) is 1.77. The van der Waals surface area contributed by atoms with Gasteiger partial charge < -0.3 is 10.3 Å². The Bertz CT molecular complexity index is 301. The minimum atomic E-state index is 0.400. The summed E-state index contributed by atoms with van der Waals surface area (Å²) in [4.78, 5) is 0. The van der Waals surface area contributed by atoms with Crippen LogP contribution in [-0.2, 0) is 0 Å². The maximum atomic E-state index is 7.62. The van der Waals surface area contributed by atoms with E-state index in [9.17, 15) is 0 Å². The molecular weight excluding hydrogens is 150 g/mol. The quantitative estimate of drug-likeness (QED) is 0.477. The molecule has 1 heterocycles. The number of nitrogens with one attached hydrogen (secondary N) is 1. The van der Waals surface area contributed by atoms with Gasteiger partial charge in [0.25, 0.3) is 0 Å². The molecule has 1 rings (SSSR count). The van der Waals surface area contributed by atoms with Crippen LogP contribution in [0.4, 0.5) is 0 Å². The summed E-state index contributed by atoms with van der Waals surface area (Å²) in [5, 5.41) is 7.62. The van der Waals surface area contributed by atoms with Gasteiger partial charge >= 0.3 is 0 Å². The smallest absolute Gasteiger partial charge is 0.130 e. The van der Waals surface area contributed by atoms with Crippen molar-refractivity contribution in [3.8, 4) is 0 Å². The predicted molar refractivity (Wildman–Crippen MR) is 50.4 cm³/mol. The molecule has 0 spiro atoms. The lowest BCUT2D eigenvalue weighted by Gasteiger charge is -2.05. The van der Waals surface area contributed by atoms with Crippen molar-refractivity contribution in [1.82, 2.24) is 4.57 Å². The summed E-state index contributed by atoms with van der Waals surface area (Å²) in [7, 11) is 0. The van der Waals surface area contributed by atoms with E-state index in [2.05, 4.69) is 0 Å². The van der Waals surface area contributed by atoms with E-state index in [1.807, 2.05) is 30.5 Å². The first kappa shape index (κ1) is 8.59. The minimum absolute atomic E-state index is 0.400. The van der Waals surface area contributed by atoms with Gasteiger partial charge in [-0.1, -0.05) is 0 Å². The van der Waals surface area contributed by atoms with Crippen molar-refractivity contribution >= 4 is 5.84 Å². The van der Waals surface area contributed by atoms with Crippen LogP contribution in [0, 0.1) is 19.3 Å². The highest BCUT2D eigenvalue weighted by Gasteiger charge is 2.02. The summed E-state index contributed by atoms with van der Waals surface area (Å²) in [6, 6.07) is 3.96. The highest BCUT2D eigenvalue weighted by Crippen LogP contribution is 2.06. The molecule has 0 aliphatic rings. The van der Waals surface area contributed by atoms with Crippen molar-refractivity contribution in [2.45, 2.75) is 13.8 Å². The SMILES string of the molecule is Cc1ccc(C)n1C(=N)/C=C\N. The number of nitrogens with zero attached hydrogens (tertiary/aromatic N) is 1. The van der Waals surface area contributed by atoms with Crippen molar-refractivity contribution in [1.29, 1.82) is 5.41 Å². The molecule has 0 unspecified atom stereocenters. The van der Waals surface area contributed by atoms with E-state index >= 15 is 0 Å². The molecule has 64 valence electrons. The molecule has 3 nitrogen and oxygen atoms in total. The molecule has 12 heavy (non-hydrogen) atoms. The zero-order valence-corrected chi connectivity index (χ0v) is 7.33. The summed E-state index contributed by atoms with van der Waals surface area (Å²) >= 11 is 0. The summed E-state index contributed by atoms with van der Waals surface area (Å²) < 4.78 is 1.84. The number of nitrogens with two attached hydrogens (primary N) is 1. The highest BCUT2D eigenvalue weighted by atomic mass is 15.0. The van der Waals surface area contributed by atoms with Gasteiger partial charge in [-0.15, -0.1) is 0 Å². The largest absolute Gasteiger partial charge is 0.404 e. The zero-order valence-electron chi connectivity index (χ0n) is 7.33.